The van der Waals surface area contributed by atoms with E-state index in [1.807, 2.05) is 70.6 Å². The minimum Gasteiger partial charge on any atom is -0.497 e. The molecule has 2 amide bonds. The van der Waals surface area contributed by atoms with Crippen LogP contribution in [0.3, 0.4) is 0 Å². The van der Waals surface area contributed by atoms with Crippen molar-refractivity contribution in [3.05, 3.63) is 118 Å². The van der Waals surface area contributed by atoms with E-state index >= 15 is 0 Å². The van der Waals surface area contributed by atoms with Gasteiger partial charge in [0.05, 0.1) is 56.8 Å². The highest BCUT2D eigenvalue weighted by molar-refractivity contribution is 7.99. The van der Waals surface area contributed by atoms with E-state index in [0.717, 1.165) is 21.7 Å². The Kier molecular flexibility index (Phi) is 10.4. The molecule has 1 N–H and O–H groups in total. The molecule has 6 rings (SSSR count). The predicted molar refractivity (Wildman–Crippen MR) is 185 cm³/mol. The van der Waals surface area contributed by atoms with Crippen molar-refractivity contribution in [3.8, 4) is 17.2 Å². The van der Waals surface area contributed by atoms with E-state index in [0.29, 0.717) is 46.8 Å². The highest BCUT2D eigenvalue weighted by atomic mass is 32.2. The van der Waals surface area contributed by atoms with Gasteiger partial charge in [0.2, 0.25) is 0 Å². The summed E-state index contributed by atoms with van der Waals surface area (Å²) in [5.74, 6) is 2.02. The molecule has 1 aliphatic heterocycles. The van der Waals surface area contributed by atoms with Crippen LogP contribution in [-0.4, -0.2) is 64.4 Å². The molecule has 3 heterocycles. The van der Waals surface area contributed by atoms with Crippen molar-refractivity contribution in [2.24, 2.45) is 5.10 Å². The van der Waals surface area contributed by atoms with Gasteiger partial charge in [0, 0.05) is 17.5 Å². The van der Waals surface area contributed by atoms with Crippen LogP contribution < -0.4 is 19.5 Å². The first-order valence-electron chi connectivity index (χ1n) is 15.1. The minimum atomic E-state index is -0.383. The molecule has 13 heteroatoms. The highest BCUT2D eigenvalue weighted by Gasteiger charge is 2.36. The maximum atomic E-state index is 14.0. The Morgan fingerprint density at radius 1 is 0.917 bits per heavy atom. The van der Waals surface area contributed by atoms with Crippen LogP contribution in [0.1, 0.15) is 44.6 Å². The van der Waals surface area contributed by atoms with Gasteiger partial charge in [-0.05, 0) is 47.3 Å². The second kappa shape index (κ2) is 15.2. The summed E-state index contributed by atoms with van der Waals surface area (Å²) in [6.45, 7) is 0.615. The lowest BCUT2D eigenvalue weighted by Crippen LogP contribution is -2.29. The number of nitrogens with zero attached hydrogens (tertiary/aromatic N) is 5. The number of thiophene rings is 1. The first-order chi connectivity index (χ1) is 23.5. The lowest BCUT2D eigenvalue weighted by atomic mass is 9.99. The van der Waals surface area contributed by atoms with Gasteiger partial charge in [-0.1, -0.05) is 60.3 Å². The Morgan fingerprint density at radius 2 is 1.73 bits per heavy atom. The van der Waals surface area contributed by atoms with Gasteiger partial charge < -0.3 is 24.1 Å². The van der Waals surface area contributed by atoms with Gasteiger partial charge in [-0.15, -0.1) is 21.5 Å². The van der Waals surface area contributed by atoms with Crippen LogP contribution in [0.5, 0.6) is 17.2 Å². The number of ether oxygens (including phenoxy) is 3. The summed E-state index contributed by atoms with van der Waals surface area (Å²) in [4.78, 5) is 27.9. The third-order valence-corrected chi connectivity index (χ3v) is 9.70. The molecule has 0 bridgehead atoms. The normalized spacial score (nSPS) is 14.0. The van der Waals surface area contributed by atoms with E-state index in [1.165, 1.54) is 11.8 Å². The quantitative estimate of drug-likeness (QED) is 0.155. The number of hydrazone groups is 1. The molecule has 0 saturated carbocycles. The molecular formula is C35H34N6O5S2. The Balaban J connectivity index is 1.23. The molecule has 0 saturated heterocycles. The van der Waals surface area contributed by atoms with Crippen LogP contribution in [-0.2, 0) is 17.9 Å². The summed E-state index contributed by atoms with van der Waals surface area (Å²) in [5.41, 5.74) is 3.18. The van der Waals surface area contributed by atoms with Gasteiger partial charge in [0.15, 0.2) is 22.5 Å². The number of carbonyl (C=O) groups excluding carboxylic acids is 2. The smallest absolute Gasteiger partial charge is 0.253 e. The van der Waals surface area contributed by atoms with Crippen LogP contribution in [0.25, 0.3) is 0 Å². The zero-order valence-electron chi connectivity index (χ0n) is 26.7. The van der Waals surface area contributed by atoms with E-state index < -0.39 is 0 Å². The topological polar surface area (TPSA) is 120 Å². The molecule has 0 unspecified atom stereocenters. The van der Waals surface area contributed by atoms with Crippen molar-refractivity contribution >= 4 is 40.6 Å². The number of rotatable bonds is 13. The van der Waals surface area contributed by atoms with Crippen LogP contribution in [0.2, 0.25) is 0 Å². The molecule has 1 aliphatic rings. The number of hydrogen-bond donors (Lipinski definition) is 1. The van der Waals surface area contributed by atoms with Gasteiger partial charge >= 0.3 is 0 Å². The Bertz CT molecular complexity index is 1890. The average molecular weight is 683 g/mol. The summed E-state index contributed by atoms with van der Waals surface area (Å²) in [6, 6.07) is 26.0. The number of amides is 2. The zero-order chi connectivity index (χ0) is 33.5. The van der Waals surface area contributed by atoms with Crippen molar-refractivity contribution in [2.45, 2.75) is 30.7 Å². The fourth-order valence-electron chi connectivity index (χ4n) is 5.43. The molecule has 246 valence electrons. The number of carbonyl (C=O) groups is 2. The Morgan fingerprint density at radius 3 is 2.44 bits per heavy atom. The van der Waals surface area contributed by atoms with E-state index in [2.05, 4.69) is 15.5 Å². The fraction of sp³-hybridized carbons (Fsp3) is 0.229. The third kappa shape index (κ3) is 7.21. The number of thioether (sulfide) groups is 1. The Hall–Kier alpha value is -5.14. The lowest BCUT2D eigenvalue weighted by molar-refractivity contribution is -0.130. The number of methoxy groups -OCH3 is 3. The second-order valence-electron chi connectivity index (χ2n) is 10.7. The van der Waals surface area contributed by atoms with E-state index in [9.17, 15) is 9.59 Å². The SMILES string of the molecule is COc1ccc(C(=O)NCc2nnc(SCC(=O)N3N=C(c4cccs4)C[C@H]3c3cccc(OC)c3OC)n2Cc2ccccc2)cc1. The van der Waals surface area contributed by atoms with Crippen LogP contribution >= 0.6 is 23.1 Å². The molecule has 1 atom stereocenters. The van der Waals surface area contributed by atoms with E-state index in [4.69, 9.17) is 19.3 Å². The summed E-state index contributed by atoms with van der Waals surface area (Å²) < 4.78 is 18.4. The molecule has 3 aromatic carbocycles. The average Bonchev–Trinajstić information content (AvgIpc) is 3.90. The highest BCUT2D eigenvalue weighted by Crippen LogP contribution is 2.42. The first kappa shape index (κ1) is 32.8. The summed E-state index contributed by atoms with van der Waals surface area (Å²) in [5, 5.41) is 20.7. The molecule has 0 aliphatic carbocycles. The molecule has 2 aromatic heterocycles. The number of nitrogens with one attached hydrogen (secondary N) is 1. The van der Waals surface area contributed by atoms with Crippen LogP contribution in [0.15, 0.2) is 101 Å². The Labute approximate surface area is 286 Å². The third-order valence-electron chi connectivity index (χ3n) is 7.82. The maximum Gasteiger partial charge on any atom is 0.253 e. The van der Waals surface area contributed by atoms with Crippen molar-refractivity contribution in [1.29, 1.82) is 0 Å². The van der Waals surface area contributed by atoms with Gasteiger partial charge in [-0.3, -0.25) is 9.59 Å². The molecule has 0 spiro atoms. The molecule has 5 aromatic rings. The largest absolute Gasteiger partial charge is 0.497 e. The number of benzene rings is 3. The second-order valence-corrected chi connectivity index (χ2v) is 12.6. The van der Waals surface area contributed by atoms with Gasteiger partial charge in [0.1, 0.15) is 5.75 Å². The maximum absolute atomic E-state index is 14.0. The van der Waals surface area contributed by atoms with Gasteiger partial charge in [-0.2, -0.15) is 5.10 Å². The van der Waals surface area contributed by atoms with E-state index in [1.54, 1.807) is 61.9 Å². The number of hydrogen-bond acceptors (Lipinski definition) is 10. The van der Waals surface area contributed by atoms with Crippen molar-refractivity contribution in [1.82, 2.24) is 25.1 Å². The lowest BCUT2D eigenvalue weighted by Gasteiger charge is -2.24. The van der Waals surface area contributed by atoms with Crippen molar-refractivity contribution in [2.75, 3.05) is 27.1 Å². The summed E-state index contributed by atoms with van der Waals surface area (Å²) in [6.07, 6.45) is 0.530. The molecule has 48 heavy (non-hydrogen) atoms. The minimum absolute atomic E-state index is 0.0646. The predicted octanol–water partition coefficient (Wildman–Crippen LogP) is 5.81. The molecule has 0 fully saturated rings. The molecule has 0 radical (unpaired) electrons. The van der Waals surface area contributed by atoms with Crippen LogP contribution in [0.4, 0.5) is 0 Å². The molecular weight excluding hydrogens is 649 g/mol. The van der Waals surface area contributed by atoms with Gasteiger partial charge in [0.25, 0.3) is 11.8 Å². The summed E-state index contributed by atoms with van der Waals surface area (Å²) >= 11 is 2.86. The fourth-order valence-corrected chi connectivity index (χ4v) is 6.96. The summed E-state index contributed by atoms with van der Waals surface area (Å²) in [7, 11) is 4.76. The van der Waals surface area contributed by atoms with E-state index in [-0.39, 0.29) is 30.2 Å². The zero-order valence-corrected chi connectivity index (χ0v) is 28.3. The number of aromatic nitrogens is 3. The van der Waals surface area contributed by atoms with Gasteiger partial charge in [-0.25, -0.2) is 5.01 Å². The monoisotopic (exact) mass is 682 g/mol. The standard InChI is InChI=1S/C35H34N6O5S2/c1-44-25-16-14-24(15-17-25)34(43)36-20-31-37-38-35(40(31)21-23-9-5-4-6-10-23)48-22-32(42)41-28(19-27(39-41)30-13-8-18-47-30)26-11-7-12-29(45-2)33(26)46-3/h4-18,28H,19-22H2,1-3H3,(H,36,43)/t28-/m0/s1. The van der Waals surface area contributed by atoms with Crippen molar-refractivity contribution < 1.29 is 23.8 Å². The number of para-hydroxylation sites is 1. The molecule has 11 nitrogen and oxygen atoms in total. The van der Waals surface area contributed by atoms with Crippen LogP contribution in [0, 0.1) is 0 Å². The van der Waals surface area contributed by atoms with Crippen molar-refractivity contribution in [3.63, 3.8) is 0 Å². The first-order valence-corrected chi connectivity index (χ1v) is 17.0.